The van der Waals surface area contributed by atoms with Crippen molar-refractivity contribution in [2.24, 2.45) is 0 Å². The number of anilines is 1. The number of carbonyl (C=O) groups excluding carboxylic acids is 1. The highest BCUT2D eigenvalue weighted by Gasteiger charge is 2.09. The number of nitrogens with zero attached hydrogens (tertiary/aromatic N) is 1. The number of nitrogens with one attached hydrogen (secondary N) is 2. The van der Waals surface area contributed by atoms with Gasteiger partial charge >= 0.3 is 5.91 Å². The van der Waals surface area contributed by atoms with E-state index in [-0.39, 0.29) is 11.4 Å². The summed E-state index contributed by atoms with van der Waals surface area (Å²) in [5.74, 6) is -0.320. The number of rotatable bonds is 4. The Bertz CT molecular complexity index is 565. The maximum absolute atomic E-state index is 11.5. The fraction of sp³-hybridized carbons (Fsp3) is 0. The molecule has 0 saturated carbocycles. The Morgan fingerprint density at radius 1 is 1.28 bits per heavy atom. The minimum absolute atomic E-state index is 0.0627. The molecule has 0 aliphatic heterocycles. The normalized spacial score (nSPS) is 9.78. The first-order valence-corrected chi connectivity index (χ1v) is 5.01. The van der Waals surface area contributed by atoms with Crippen molar-refractivity contribution in [1.29, 1.82) is 0 Å². The molecule has 0 radical (unpaired) electrons. The maximum Gasteiger partial charge on any atom is 0.305 e. The number of hydrogen-bond donors (Lipinski definition) is 2. The number of benzene rings is 1. The second-order valence-electron chi connectivity index (χ2n) is 3.36. The zero-order valence-electron chi connectivity index (χ0n) is 9.12. The van der Waals surface area contributed by atoms with Crippen LogP contribution in [0.3, 0.4) is 0 Å². The number of non-ortho nitro benzene ring substituents is 1. The molecule has 0 fully saturated rings. The van der Waals surface area contributed by atoms with Crippen LogP contribution in [0.1, 0.15) is 10.6 Å². The summed E-state index contributed by atoms with van der Waals surface area (Å²) < 4.78 is 4.89. The van der Waals surface area contributed by atoms with Gasteiger partial charge in [0.25, 0.3) is 5.69 Å². The van der Waals surface area contributed by atoms with Gasteiger partial charge in [0.05, 0.1) is 16.9 Å². The van der Waals surface area contributed by atoms with Gasteiger partial charge in [0.1, 0.15) is 0 Å². The van der Waals surface area contributed by atoms with E-state index >= 15 is 0 Å². The van der Waals surface area contributed by atoms with Gasteiger partial charge in [-0.1, -0.05) is 6.07 Å². The van der Waals surface area contributed by atoms with Crippen LogP contribution >= 0.6 is 0 Å². The number of hydrogen-bond acceptors (Lipinski definition) is 5. The summed E-state index contributed by atoms with van der Waals surface area (Å²) in [5, 5.41) is 10.6. The Kier molecular flexibility index (Phi) is 3.24. The fourth-order valence-electron chi connectivity index (χ4n) is 1.30. The Balaban J connectivity index is 2.00. The van der Waals surface area contributed by atoms with E-state index in [9.17, 15) is 14.9 Å². The molecule has 18 heavy (non-hydrogen) atoms. The van der Waals surface area contributed by atoms with E-state index < -0.39 is 10.8 Å². The molecule has 2 aromatic rings. The lowest BCUT2D eigenvalue weighted by Gasteiger charge is -2.06. The Hall–Kier alpha value is -2.83. The van der Waals surface area contributed by atoms with Gasteiger partial charge in [0.2, 0.25) is 0 Å². The van der Waals surface area contributed by atoms with E-state index in [0.29, 0.717) is 5.69 Å². The minimum Gasteiger partial charge on any atom is -0.459 e. The molecular weight excluding hydrogens is 238 g/mol. The third-order valence-corrected chi connectivity index (χ3v) is 2.12. The van der Waals surface area contributed by atoms with E-state index in [2.05, 4.69) is 10.9 Å². The third kappa shape index (κ3) is 2.64. The first-order valence-electron chi connectivity index (χ1n) is 5.01. The molecule has 0 unspecified atom stereocenters. The van der Waals surface area contributed by atoms with Gasteiger partial charge < -0.3 is 4.42 Å². The molecule has 2 rings (SSSR count). The second kappa shape index (κ2) is 5.00. The van der Waals surface area contributed by atoms with Crippen molar-refractivity contribution in [2.45, 2.75) is 0 Å². The lowest BCUT2D eigenvalue weighted by atomic mass is 10.3. The van der Waals surface area contributed by atoms with Crippen molar-refractivity contribution in [3.05, 3.63) is 58.5 Å². The van der Waals surface area contributed by atoms with Gasteiger partial charge in [-0.05, 0) is 18.2 Å². The average Bonchev–Trinajstić information content (AvgIpc) is 2.90. The van der Waals surface area contributed by atoms with Crippen LogP contribution in [-0.4, -0.2) is 10.8 Å². The van der Waals surface area contributed by atoms with Gasteiger partial charge in [0, 0.05) is 12.1 Å². The van der Waals surface area contributed by atoms with E-state index in [4.69, 9.17) is 4.42 Å². The molecule has 0 bridgehead atoms. The second-order valence-corrected chi connectivity index (χ2v) is 3.36. The molecule has 0 spiro atoms. The molecule has 7 nitrogen and oxygen atoms in total. The van der Waals surface area contributed by atoms with Crippen molar-refractivity contribution in [2.75, 3.05) is 5.43 Å². The summed E-state index contributed by atoms with van der Waals surface area (Å²) in [7, 11) is 0. The highest BCUT2D eigenvalue weighted by Crippen LogP contribution is 2.16. The number of carbonyl (C=O) groups is 1. The lowest BCUT2D eigenvalue weighted by Crippen LogP contribution is -2.28. The monoisotopic (exact) mass is 247 g/mol. The third-order valence-electron chi connectivity index (χ3n) is 2.12. The predicted molar refractivity (Wildman–Crippen MR) is 62.9 cm³/mol. The summed E-state index contributed by atoms with van der Waals surface area (Å²) >= 11 is 0. The summed E-state index contributed by atoms with van der Waals surface area (Å²) in [6, 6.07) is 8.86. The molecule has 2 N–H and O–H groups in total. The van der Waals surface area contributed by atoms with Gasteiger partial charge in [-0.15, -0.1) is 0 Å². The largest absolute Gasteiger partial charge is 0.459 e. The van der Waals surface area contributed by atoms with Crippen LogP contribution in [-0.2, 0) is 0 Å². The van der Waals surface area contributed by atoms with Gasteiger partial charge in [-0.3, -0.25) is 25.8 Å². The van der Waals surface area contributed by atoms with Crippen LogP contribution in [0.15, 0.2) is 47.1 Å². The van der Waals surface area contributed by atoms with Crippen molar-refractivity contribution in [1.82, 2.24) is 5.43 Å². The van der Waals surface area contributed by atoms with E-state index in [1.807, 2.05) is 0 Å². The molecule has 0 saturated heterocycles. The Morgan fingerprint density at radius 3 is 2.78 bits per heavy atom. The summed E-state index contributed by atoms with van der Waals surface area (Å²) in [4.78, 5) is 21.5. The number of nitro groups is 1. The van der Waals surface area contributed by atoms with Crippen LogP contribution in [0.4, 0.5) is 11.4 Å². The topological polar surface area (TPSA) is 97.4 Å². The molecule has 1 heterocycles. The molecule has 0 aliphatic carbocycles. The van der Waals surface area contributed by atoms with Crippen molar-refractivity contribution in [3.8, 4) is 0 Å². The highest BCUT2D eigenvalue weighted by molar-refractivity contribution is 5.92. The van der Waals surface area contributed by atoms with Crippen LogP contribution in [0.25, 0.3) is 0 Å². The first kappa shape index (κ1) is 11.6. The molecule has 92 valence electrons. The van der Waals surface area contributed by atoms with E-state index in [1.54, 1.807) is 12.1 Å². The fourth-order valence-corrected chi connectivity index (χ4v) is 1.30. The van der Waals surface area contributed by atoms with Crippen molar-refractivity contribution >= 4 is 17.3 Å². The van der Waals surface area contributed by atoms with Crippen LogP contribution < -0.4 is 10.9 Å². The van der Waals surface area contributed by atoms with Gasteiger partial charge in [-0.25, -0.2) is 0 Å². The summed E-state index contributed by atoms with van der Waals surface area (Å²) in [6.45, 7) is 0. The summed E-state index contributed by atoms with van der Waals surface area (Å²) in [6.07, 6.45) is 1.38. The molecule has 0 aliphatic rings. The zero-order chi connectivity index (χ0) is 13.0. The Labute approximate surface area is 102 Å². The summed E-state index contributed by atoms with van der Waals surface area (Å²) in [5.41, 5.74) is 5.27. The van der Waals surface area contributed by atoms with Gasteiger partial charge in [-0.2, -0.15) is 0 Å². The molecular formula is C11H9N3O4. The van der Waals surface area contributed by atoms with Crippen molar-refractivity contribution < 1.29 is 14.1 Å². The quantitative estimate of drug-likeness (QED) is 0.635. The van der Waals surface area contributed by atoms with Crippen molar-refractivity contribution in [3.63, 3.8) is 0 Å². The highest BCUT2D eigenvalue weighted by atomic mass is 16.6. The van der Waals surface area contributed by atoms with Crippen LogP contribution in [0.2, 0.25) is 0 Å². The predicted octanol–water partition coefficient (Wildman–Crippen LogP) is 1.94. The molecule has 1 aromatic carbocycles. The smallest absolute Gasteiger partial charge is 0.305 e. The average molecular weight is 247 g/mol. The molecule has 7 heteroatoms. The standard InChI is InChI=1S/C11H9N3O4/c15-11(10-5-2-6-18-10)13-12-8-3-1-4-9(7-8)14(16)17/h1-7,12H,(H,13,15). The van der Waals surface area contributed by atoms with Crippen LogP contribution in [0, 0.1) is 10.1 Å². The molecule has 1 aromatic heterocycles. The van der Waals surface area contributed by atoms with E-state index in [0.717, 1.165) is 0 Å². The Morgan fingerprint density at radius 2 is 2.11 bits per heavy atom. The SMILES string of the molecule is O=C(NNc1cccc([N+](=O)[O-])c1)c1ccco1. The molecule has 0 atom stereocenters. The number of hydrazine groups is 1. The first-order chi connectivity index (χ1) is 8.66. The van der Waals surface area contributed by atoms with E-state index in [1.165, 1.54) is 30.5 Å². The van der Waals surface area contributed by atoms with Crippen LogP contribution in [0.5, 0.6) is 0 Å². The lowest BCUT2D eigenvalue weighted by molar-refractivity contribution is -0.384. The van der Waals surface area contributed by atoms with Gasteiger partial charge in [0.15, 0.2) is 5.76 Å². The molecule has 1 amide bonds. The number of furan rings is 1. The minimum atomic E-state index is -0.514. The number of nitro benzene ring substituents is 1. The maximum atomic E-state index is 11.5. The number of amides is 1. The zero-order valence-corrected chi connectivity index (χ0v) is 9.12.